The summed E-state index contributed by atoms with van der Waals surface area (Å²) in [5.74, 6) is -1.68. The van der Waals surface area contributed by atoms with Crippen LogP contribution in [-0.4, -0.2) is 23.7 Å². The van der Waals surface area contributed by atoms with Crippen LogP contribution in [0.3, 0.4) is 0 Å². The lowest BCUT2D eigenvalue weighted by Gasteiger charge is -2.03. The second-order valence-corrected chi connectivity index (χ2v) is 3.27. The summed E-state index contributed by atoms with van der Waals surface area (Å²) >= 11 is 0. The van der Waals surface area contributed by atoms with Gasteiger partial charge in [-0.3, -0.25) is 0 Å². The van der Waals surface area contributed by atoms with Crippen LogP contribution in [0.5, 0.6) is 0 Å². The van der Waals surface area contributed by atoms with Crippen LogP contribution in [0.4, 0.5) is 0 Å². The van der Waals surface area contributed by atoms with Crippen LogP contribution in [0.25, 0.3) is 0 Å². The molecule has 0 aliphatic carbocycles. The van der Waals surface area contributed by atoms with E-state index in [9.17, 15) is 9.59 Å². The number of carbonyl (C=O) groups excluding carboxylic acids is 1. The fourth-order valence-corrected chi connectivity index (χ4v) is 0.820. The number of hydrogen-bond donors (Lipinski definition) is 1. The molecule has 0 fully saturated rings. The Morgan fingerprint density at radius 3 is 2.36 bits per heavy atom. The maximum Gasteiger partial charge on any atom is 0.345 e. The standard InChI is InChI=1S/C10H16O4/c1-4-14-10(13)8(9(11)12)6-5-7(2)3/h6-7H,4-5H2,1-3H3,(H,11,12). The van der Waals surface area contributed by atoms with Gasteiger partial charge in [-0.1, -0.05) is 19.9 Å². The van der Waals surface area contributed by atoms with E-state index in [1.54, 1.807) is 6.92 Å². The highest BCUT2D eigenvalue weighted by Crippen LogP contribution is 2.06. The van der Waals surface area contributed by atoms with E-state index < -0.39 is 11.9 Å². The Balaban J connectivity index is 4.51. The summed E-state index contributed by atoms with van der Waals surface area (Å²) < 4.78 is 4.61. The summed E-state index contributed by atoms with van der Waals surface area (Å²) in [6.45, 7) is 5.72. The van der Waals surface area contributed by atoms with Crippen molar-refractivity contribution in [3.8, 4) is 0 Å². The predicted octanol–water partition coefficient (Wildman–Crippen LogP) is 1.61. The largest absolute Gasteiger partial charge is 0.477 e. The topological polar surface area (TPSA) is 63.6 Å². The van der Waals surface area contributed by atoms with Crippen LogP contribution in [0.15, 0.2) is 11.6 Å². The number of ether oxygens (including phenoxy) is 1. The SMILES string of the molecule is CCOC(=O)C(=CCC(C)C)C(=O)O. The molecular weight excluding hydrogens is 184 g/mol. The number of rotatable bonds is 5. The third-order valence-corrected chi connectivity index (χ3v) is 1.52. The lowest BCUT2D eigenvalue weighted by Crippen LogP contribution is -2.15. The molecule has 0 amide bonds. The molecule has 0 aromatic carbocycles. The van der Waals surface area contributed by atoms with E-state index in [1.807, 2.05) is 13.8 Å². The quantitative estimate of drug-likeness (QED) is 0.317. The normalized spacial score (nSPS) is 11.6. The second kappa shape index (κ2) is 6.18. The molecule has 0 saturated heterocycles. The zero-order chi connectivity index (χ0) is 11.1. The smallest absolute Gasteiger partial charge is 0.345 e. The fraction of sp³-hybridized carbons (Fsp3) is 0.600. The first-order valence-corrected chi connectivity index (χ1v) is 4.59. The van der Waals surface area contributed by atoms with Crippen molar-refractivity contribution in [3.63, 3.8) is 0 Å². The number of carbonyl (C=O) groups is 2. The van der Waals surface area contributed by atoms with Crippen LogP contribution >= 0.6 is 0 Å². The molecule has 0 aliphatic heterocycles. The average Bonchev–Trinajstić information content (AvgIpc) is 2.03. The van der Waals surface area contributed by atoms with Crippen LogP contribution < -0.4 is 0 Å². The van der Waals surface area contributed by atoms with E-state index in [2.05, 4.69) is 4.74 Å². The molecule has 4 heteroatoms. The van der Waals surface area contributed by atoms with Gasteiger partial charge in [-0.2, -0.15) is 0 Å². The molecule has 0 heterocycles. The Kier molecular flexibility index (Phi) is 5.60. The number of allylic oxidation sites excluding steroid dienone is 1. The van der Waals surface area contributed by atoms with E-state index in [0.29, 0.717) is 12.3 Å². The monoisotopic (exact) mass is 200 g/mol. The van der Waals surface area contributed by atoms with E-state index in [4.69, 9.17) is 5.11 Å². The molecular formula is C10H16O4. The van der Waals surface area contributed by atoms with Gasteiger partial charge < -0.3 is 9.84 Å². The minimum atomic E-state index is -1.23. The fourth-order valence-electron chi connectivity index (χ4n) is 0.820. The van der Waals surface area contributed by atoms with Crippen molar-refractivity contribution >= 4 is 11.9 Å². The Hall–Kier alpha value is -1.32. The van der Waals surface area contributed by atoms with Gasteiger partial charge in [0, 0.05) is 0 Å². The molecule has 0 aromatic rings. The molecule has 0 bridgehead atoms. The average molecular weight is 200 g/mol. The van der Waals surface area contributed by atoms with E-state index in [0.717, 1.165) is 0 Å². The summed E-state index contributed by atoms with van der Waals surface area (Å²) in [5, 5.41) is 8.71. The van der Waals surface area contributed by atoms with Crippen molar-refractivity contribution in [2.24, 2.45) is 5.92 Å². The summed E-state index contributed by atoms with van der Waals surface area (Å²) in [4.78, 5) is 21.8. The van der Waals surface area contributed by atoms with Gasteiger partial charge >= 0.3 is 11.9 Å². The van der Waals surface area contributed by atoms with Crippen molar-refractivity contribution in [2.45, 2.75) is 27.2 Å². The Morgan fingerprint density at radius 1 is 1.43 bits per heavy atom. The molecule has 14 heavy (non-hydrogen) atoms. The molecule has 0 rings (SSSR count). The number of esters is 1. The molecule has 0 radical (unpaired) electrons. The van der Waals surface area contributed by atoms with Gasteiger partial charge in [0.25, 0.3) is 0 Å². The van der Waals surface area contributed by atoms with E-state index in [-0.39, 0.29) is 12.2 Å². The Labute approximate surface area is 83.6 Å². The minimum absolute atomic E-state index is 0.186. The number of hydrogen-bond acceptors (Lipinski definition) is 3. The maximum atomic E-state index is 11.1. The van der Waals surface area contributed by atoms with Crippen LogP contribution in [-0.2, 0) is 14.3 Å². The number of carboxylic acids is 1. The van der Waals surface area contributed by atoms with Gasteiger partial charge in [0.15, 0.2) is 0 Å². The predicted molar refractivity (Wildman–Crippen MR) is 51.8 cm³/mol. The third-order valence-electron chi connectivity index (χ3n) is 1.52. The van der Waals surface area contributed by atoms with Crippen molar-refractivity contribution in [3.05, 3.63) is 11.6 Å². The zero-order valence-corrected chi connectivity index (χ0v) is 8.74. The number of aliphatic carboxylic acids is 1. The lowest BCUT2D eigenvalue weighted by molar-refractivity contribution is -0.143. The zero-order valence-electron chi connectivity index (χ0n) is 8.74. The molecule has 1 N–H and O–H groups in total. The molecule has 80 valence electrons. The van der Waals surface area contributed by atoms with Crippen molar-refractivity contribution in [1.82, 2.24) is 0 Å². The van der Waals surface area contributed by atoms with Gasteiger partial charge in [-0.15, -0.1) is 0 Å². The van der Waals surface area contributed by atoms with Crippen LogP contribution in [0, 0.1) is 5.92 Å². The summed E-state index contributed by atoms with van der Waals surface area (Å²) in [6.07, 6.45) is 1.96. The number of carboxylic acid groups (broad SMARTS) is 1. The van der Waals surface area contributed by atoms with Crippen LogP contribution in [0.2, 0.25) is 0 Å². The van der Waals surface area contributed by atoms with E-state index in [1.165, 1.54) is 6.08 Å². The molecule has 0 spiro atoms. The first-order chi connectivity index (χ1) is 6.49. The third kappa shape index (κ3) is 4.64. The summed E-state index contributed by atoms with van der Waals surface area (Å²) in [6, 6.07) is 0. The molecule has 0 aliphatic rings. The summed E-state index contributed by atoms with van der Waals surface area (Å²) in [5.41, 5.74) is -0.277. The molecule has 4 nitrogen and oxygen atoms in total. The van der Waals surface area contributed by atoms with Gasteiger partial charge in [0.05, 0.1) is 6.61 Å². The first-order valence-electron chi connectivity index (χ1n) is 4.59. The molecule has 0 aromatic heterocycles. The first kappa shape index (κ1) is 12.7. The van der Waals surface area contributed by atoms with Gasteiger partial charge in [-0.25, -0.2) is 9.59 Å². The highest BCUT2D eigenvalue weighted by atomic mass is 16.5. The van der Waals surface area contributed by atoms with Crippen molar-refractivity contribution < 1.29 is 19.4 Å². The summed E-state index contributed by atoms with van der Waals surface area (Å²) in [7, 11) is 0. The van der Waals surface area contributed by atoms with Gasteiger partial charge in [-0.05, 0) is 19.3 Å². The second-order valence-electron chi connectivity index (χ2n) is 3.27. The van der Waals surface area contributed by atoms with E-state index >= 15 is 0 Å². The van der Waals surface area contributed by atoms with Crippen LogP contribution in [0.1, 0.15) is 27.2 Å². The highest BCUT2D eigenvalue weighted by Gasteiger charge is 2.17. The van der Waals surface area contributed by atoms with Gasteiger partial charge in [0.1, 0.15) is 5.57 Å². The maximum absolute atomic E-state index is 11.1. The molecule has 0 unspecified atom stereocenters. The highest BCUT2D eigenvalue weighted by molar-refractivity contribution is 6.13. The van der Waals surface area contributed by atoms with Crippen molar-refractivity contribution in [1.29, 1.82) is 0 Å². The minimum Gasteiger partial charge on any atom is -0.477 e. The lowest BCUT2D eigenvalue weighted by atomic mass is 10.1. The Bertz CT molecular complexity index is 241. The molecule has 0 saturated carbocycles. The molecule has 0 atom stereocenters. The Morgan fingerprint density at radius 2 is 2.00 bits per heavy atom. The van der Waals surface area contributed by atoms with Gasteiger partial charge in [0.2, 0.25) is 0 Å². The van der Waals surface area contributed by atoms with Crippen molar-refractivity contribution in [2.75, 3.05) is 6.61 Å².